The standard InChI is InChI=1S/C20H9F3N2O2S/c21-20(22,23)18-15(10-25)16(17(28-18)19(26)27)12-7-5-11(6-8-12)14-4-2-1-3-13(14)9-24/h1-8H,(H,26,27). The van der Waals surface area contributed by atoms with Crippen molar-refractivity contribution < 1.29 is 23.1 Å². The number of aromatic carboxylic acids is 1. The molecule has 4 nitrogen and oxygen atoms in total. The van der Waals surface area contributed by atoms with Gasteiger partial charge in [-0.1, -0.05) is 42.5 Å². The summed E-state index contributed by atoms with van der Waals surface area (Å²) in [6, 6.07) is 16.4. The summed E-state index contributed by atoms with van der Waals surface area (Å²) in [4.78, 5) is 9.69. The third-order valence-electron chi connectivity index (χ3n) is 4.00. The summed E-state index contributed by atoms with van der Waals surface area (Å²) >= 11 is 0.0371. The monoisotopic (exact) mass is 398 g/mol. The zero-order chi connectivity index (χ0) is 20.5. The molecule has 28 heavy (non-hydrogen) atoms. The molecule has 0 bridgehead atoms. The first-order valence-electron chi connectivity index (χ1n) is 7.75. The van der Waals surface area contributed by atoms with Crippen LogP contribution in [0.25, 0.3) is 22.3 Å². The van der Waals surface area contributed by atoms with Crippen molar-refractivity contribution in [1.29, 1.82) is 10.5 Å². The smallest absolute Gasteiger partial charge is 0.426 e. The van der Waals surface area contributed by atoms with Crippen LogP contribution >= 0.6 is 11.3 Å². The van der Waals surface area contributed by atoms with E-state index < -0.39 is 27.5 Å². The molecule has 1 N–H and O–H groups in total. The molecule has 2 aromatic carbocycles. The molecule has 0 aliphatic rings. The third-order valence-corrected chi connectivity index (χ3v) is 5.23. The van der Waals surface area contributed by atoms with Crippen molar-refractivity contribution in [1.82, 2.24) is 0 Å². The highest BCUT2D eigenvalue weighted by Crippen LogP contribution is 2.44. The molecule has 8 heteroatoms. The van der Waals surface area contributed by atoms with Gasteiger partial charge in [0.15, 0.2) is 0 Å². The van der Waals surface area contributed by atoms with Gasteiger partial charge < -0.3 is 5.11 Å². The lowest BCUT2D eigenvalue weighted by Crippen LogP contribution is -2.04. The predicted octanol–water partition coefficient (Wildman–Crippen LogP) is 5.54. The molecule has 3 aromatic rings. The van der Waals surface area contributed by atoms with E-state index >= 15 is 0 Å². The molecule has 0 spiro atoms. The third kappa shape index (κ3) is 3.34. The van der Waals surface area contributed by atoms with Crippen LogP contribution in [0, 0.1) is 22.7 Å². The molecule has 0 unspecified atom stereocenters. The largest absolute Gasteiger partial charge is 0.477 e. The van der Waals surface area contributed by atoms with Crippen molar-refractivity contribution in [2.75, 3.05) is 0 Å². The highest BCUT2D eigenvalue weighted by molar-refractivity contribution is 7.14. The van der Waals surface area contributed by atoms with Gasteiger partial charge in [0.05, 0.1) is 17.2 Å². The quantitative estimate of drug-likeness (QED) is 0.627. The Labute approximate surface area is 161 Å². The molecular weight excluding hydrogens is 389 g/mol. The van der Waals surface area contributed by atoms with Crippen LogP contribution in [0.4, 0.5) is 13.2 Å². The van der Waals surface area contributed by atoms with Gasteiger partial charge in [0, 0.05) is 5.56 Å². The Bertz CT molecular complexity index is 1150. The van der Waals surface area contributed by atoms with Gasteiger partial charge in [-0.05, 0) is 22.8 Å². The number of carbonyl (C=O) groups is 1. The molecule has 0 atom stereocenters. The summed E-state index contributed by atoms with van der Waals surface area (Å²) in [6.07, 6.45) is -4.83. The van der Waals surface area contributed by atoms with Crippen molar-refractivity contribution in [2.24, 2.45) is 0 Å². The van der Waals surface area contributed by atoms with E-state index in [-0.39, 0.29) is 22.5 Å². The number of carboxylic acid groups (broad SMARTS) is 1. The van der Waals surface area contributed by atoms with Crippen LogP contribution in [0.15, 0.2) is 48.5 Å². The number of nitriles is 2. The number of carboxylic acids is 1. The van der Waals surface area contributed by atoms with Gasteiger partial charge in [0.25, 0.3) is 0 Å². The van der Waals surface area contributed by atoms with E-state index in [4.69, 9.17) is 0 Å². The number of alkyl halides is 3. The summed E-state index contributed by atoms with van der Waals surface area (Å²) in [6.45, 7) is 0. The van der Waals surface area contributed by atoms with Crippen LogP contribution in [0.1, 0.15) is 25.7 Å². The fourth-order valence-corrected chi connectivity index (χ4v) is 3.79. The Balaban J connectivity index is 2.18. The van der Waals surface area contributed by atoms with Crippen LogP contribution in [-0.2, 0) is 6.18 Å². The predicted molar refractivity (Wildman–Crippen MR) is 96.6 cm³/mol. The van der Waals surface area contributed by atoms with E-state index in [9.17, 15) is 33.6 Å². The number of thiophene rings is 1. The van der Waals surface area contributed by atoms with Crippen molar-refractivity contribution in [3.05, 3.63) is 69.4 Å². The maximum absolute atomic E-state index is 13.2. The minimum Gasteiger partial charge on any atom is -0.477 e. The fraction of sp³-hybridized carbons (Fsp3) is 0.0500. The van der Waals surface area contributed by atoms with Gasteiger partial charge in [0.2, 0.25) is 0 Å². The number of benzene rings is 2. The van der Waals surface area contributed by atoms with Gasteiger partial charge in [0.1, 0.15) is 15.8 Å². The minimum atomic E-state index is -4.83. The maximum Gasteiger partial charge on any atom is 0.426 e. The zero-order valence-corrected chi connectivity index (χ0v) is 14.7. The normalized spacial score (nSPS) is 10.9. The first kappa shape index (κ1) is 19.2. The SMILES string of the molecule is N#Cc1ccccc1-c1ccc(-c2c(C(=O)O)sc(C(F)(F)F)c2C#N)cc1. The summed E-state index contributed by atoms with van der Waals surface area (Å²) in [5.41, 5.74) is 0.917. The second-order valence-electron chi connectivity index (χ2n) is 5.66. The van der Waals surface area contributed by atoms with E-state index in [1.165, 1.54) is 18.2 Å². The molecule has 1 aromatic heterocycles. The molecule has 3 rings (SSSR count). The van der Waals surface area contributed by atoms with Crippen molar-refractivity contribution >= 4 is 17.3 Å². The van der Waals surface area contributed by atoms with E-state index in [0.29, 0.717) is 16.7 Å². The highest BCUT2D eigenvalue weighted by atomic mass is 32.1. The van der Waals surface area contributed by atoms with Gasteiger partial charge in [-0.2, -0.15) is 23.7 Å². The Morgan fingerprint density at radius 3 is 2.11 bits per heavy atom. The van der Waals surface area contributed by atoms with E-state index in [1.54, 1.807) is 36.4 Å². The number of rotatable bonds is 3. The molecule has 0 saturated carbocycles. The molecule has 0 aliphatic heterocycles. The number of hydrogen-bond acceptors (Lipinski definition) is 4. The van der Waals surface area contributed by atoms with Crippen LogP contribution in [0.5, 0.6) is 0 Å². The van der Waals surface area contributed by atoms with Crippen LogP contribution in [0.2, 0.25) is 0 Å². The second kappa shape index (κ2) is 7.18. The summed E-state index contributed by atoms with van der Waals surface area (Å²) in [5, 5.41) is 27.8. The first-order valence-corrected chi connectivity index (χ1v) is 8.57. The Kier molecular flexibility index (Phi) is 4.91. The van der Waals surface area contributed by atoms with Gasteiger partial charge in [-0.15, -0.1) is 11.3 Å². The average Bonchev–Trinajstić information content (AvgIpc) is 3.08. The Morgan fingerprint density at radius 2 is 1.57 bits per heavy atom. The fourth-order valence-electron chi connectivity index (χ4n) is 2.81. The highest BCUT2D eigenvalue weighted by Gasteiger charge is 2.39. The number of nitrogens with zero attached hydrogens (tertiary/aromatic N) is 2. The average molecular weight is 398 g/mol. The minimum absolute atomic E-state index is 0.0371. The van der Waals surface area contributed by atoms with Crippen molar-refractivity contribution in [2.45, 2.75) is 6.18 Å². The number of hydrogen-bond donors (Lipinski definition) is 1. The van der Waals surface area contributed by atoms with Crippen LogP contribution in [0.3, 0.4) is 0 Å². The zero-order valence-electron chi connectivity index (χ0n) is 13.9. The molecule has 0 saturated heterocycles. The Morgan fingerprint density at radius 1 is 0.964 bits per heavy atom. The van der Waals surface area contributed by atoms with Gasteiger partial charge in [-0.3, -0.25) is 0 Å². The van der Waals surface area contributed by atoms with Gasteiger partial charge in [-0.25, -0.2) is 4.79 Å². The van der Waals surface area contributed by atoms with Crippen molar-refractivity contribution in [3.63, 3.8) is 0 Å². The van der Waals surface area contributed by atoms with Crippen molar-refractivity contribution in [3.8, 4) is 34.4 Å². The second-order valence-corrected chi connectivity index (χ2v) is 6.68. The summed E-state index contributed by atoms with van der Waals surface area (Å²) in [5.74, 6) is -1.54. The topological polar surface area (TPSA) is 84.9 Å². The lowest BCUT2D eigenvalue weighted by molar-refractivity contribution is -0.134. The summed E-state index contributed by atoms with van der Waals surface area (Å²) in [7, 11) is 0. The molecular formula is C20H9F3N2O2S. The molecule has 0 amide bonds. The van der Waals surface area contributed by atoms with Crippen LogP contribution < -0.4 is 0 Å². The summed E-state index contributed by atoms with van der Waals surface area (Å²) < 4.78 is 39.6. The Hall–Kier alpha value is -3.62. The van der Waals surface area contributed by atoms with Crippen LogP contribution in [-0.4, -0.2) is 11.1 Å². The first-order chi connectivity index (χ1) is 13.3. The van der Waals surface area contributed by atoms with E-state index in [0.717, 1.165) is 0 Å². The lowest BCUT2D eigenvalue weighted by Gasteiger charge is -2.07. The number of halogens is 3. The molecule has 0 aliphatic carbocycles. The molecule has 138 valence electrons. The molecule has 0 radical (unpaired) electrons. The molecule has 1 heterocycles. The molecule has 0 fully saturated rings. The lowest BCUT2D eigenvalue weighted by atomic mass is 9.95. The van der Waals surface area contributed by atoms with E-state index in [1.807, 2.05) is 0 Å². The van der Waals surface area contributed by atoms with E-state index in [2.05, 4.69) is 6.07 Å². The van der Waals surface area contributed by atoms with Gasteiger partial charge >= 0.3 is 12.1 Å². The maximum atomic E-state index is 13.2.